The third kappa shape index (κ3) is 4.33. The zero-order chi connectivity index (χ0) is 26.1. The lowest BCUT2D eigenvalue weighted by molar-refractivity contribution is 0.0948. The Morgan fingerprint density at radius 2 is 2.00 bits per heavy atom. The van der Waals surface area contributed by atoms with E-state index in [1.807, 2.05) is 30.3 Å². The molecule has 194 valence electrons. The minimum atomic E-state index is -0.472. The Morgan fingerprint density at radius 1 is 1.13 bits per heavy atom. The second-order valence-corrected chi connectivity index (χ2v) is 9.30. The van der Waals surface area contributed by atoms with E-state index in [9.17, 15) is 4.79 Å². The zero-order valence-corrected chi connectivity index (χ0v) is 20.9. The molecular weight excluding hydrogens is 486 g/mol. The quantitative estimate of drug-likeness (QED) is 0.371. The zero-order valence-electron chi connectivity index (χ0n) is 20.9. The van der Waals surface area contributed by atoms with Crippen molar-refractivity contribution in [3.63, 3.8) is 0 Å². The van der Waals surface area contributed by atoms with Crippen molar-refractivity contribution in [3.05, 3.63) is 70.5 Å². The molecule has 0 radical (unpaired) electrons. The largest absolute Gasteiger partial charge is 0.497 e. The number of benzene rings is 2. The molecule has 1 aliphatic heterocycles. The lowest BCUT2D eigenvalue weighted by Gasteiger charge is -2.31. The summed E-state index contributed by atoms with van der Waals surface area (Å²) in [6.45, 7) is 1.18. The molecule has 6 rings (SSSR count). The molecule has 3 heterocycles. The van der Waals surface area contributed by atoms with Gasteiger partial charge in [0, 0.05) is 17.8 Å². The molecule has 1 aliphatic carbocycles. The van der Waals surface area contributed by atoms with Crippen LogP contribution in [0.1, 0.15) is 52.1 Å². The van der Waals surface area contributed by atoms with Gasteiger partial charge in [0.25, 0.3) is 5.91 Å². The van der Waals surface area contributed by atoms with Gasteiger partial charge in [-0.05, 0) is 77.8 Å². The maximum Gasteiger partial charge on any atom is 0.293 e. The van der Waals surface area contributed by atoms with Crippen molar-refractivity contribution in [3.8, 4) is 11.6 Å². The number of fused-ring (bicyclic) bond motifs is 2. The van der Waals surface area contributed by atoms with E-state index < -0.39 is 5.91 Å². The van der Waals surface area contributed by atoms with E-state index in [0.717, 1.165) is 66.9 Å². The number of hydrogen-bond donors (Lipinski definition) is 2. The van der Waals surface area contributed by atoms with E-state index in [1.165, 1.54) is 10.2 Å². The molecule has 2 aromatic carbocycles. The van der Waals surface area contributed by atoms with Crippen molar-refractivity contribution in [2.75, 3.05) is 24.3 Å². The highest BCUT2D eigenvalue weighted by molar-refractivity contribution is 6.04. The van der Waals surface area contributed by atoms with Gasteiger partial charge in [0.15, 0.2) is 5.69 Å². The Hall–Kier alpha value is -4.74. The van der Waals surface area contributed by atoms with E-state index in [4.69, 9.17) is 15.1 Å². The van der Waals surface area contributed by atoms with Gasteiger partial charge in [-0.1, -0.05) is 23.4 Å². The number of nitrogens with one attached hydrogen (secondary N) is 1. The number of aromatic nitrogens is 5. The van der Waals surface area contributed by atoms with Crippen LogP contribution < -0.4 is 20.8 Å². The van der Waals surface area contributed by atoms with Gasteiger partial charge in [-0.2, -0.15) is 9.78 Å². The van der Waals surface area contributed by atoms with E-state index in [-0.39, 0.29) is 17.3 Å². The Kier molecular flexibility index (Phi) is 6.20. The summed E-state index contributed by atoms with van der Waals surface area (Å²) in [4.78, 5) is 15.6. The lowest BCUT2D eigenvalue weighted by atomic mass is 9.90. The number of hydrazone groups is 1. The molecule has 0 atom stereocenters. The van der Waals surface area contributed by atoms with Crippen LogP contribution in [0.5, 0.6) is 5.75 Å². The Bertz CT molecular complexity index is 1520. The highest BCUT2D eigenvalue weighted by atomic mass is 16.6. The Balaban J connectivity index is 1.32. The molecule has 0 fully saturated rings. The molecule has 0 saturated carbocycles. The van der Waals surface area contributed by atoms with Crippen LogP contribution in [-0.2, 0) is 19.4 Å². The number of anilines is 2. The number of carbonyl (C=O) groups is 1. The summed E-state index contributed by atoms with van der Waals surface area (Å²) in [5.74, 6) is 0.561. The van der Waals surface area contributed by atoms with Crippen molar-refractivity contribution in [2.24, 2.45) is 5.10 Å². The summed E-state index contributed by atoms with van der Waals surface area (Å²) >= 11 is 0. The number of nitrogen functional groups attached to an aromatic ring is 1. The first-order valence-corrected chi connectivity index (χ1v) is 12.5. The molecule has 2 aliphatic rings. The highest BCUT2D eigenvalue weighted by Crippen LogP contribution is 2.29. The van der Waals surface area contributed by atoms with Crippen molar-refractivity contribution in [1.29, 1.82) is 0 Å². The minimum Gasteiger partial charge on any atom is -0.497 e. The van der Waals surface area contributed by atoms with Gasteiger partial charge in [0.05, 0.1) is 25.1 Å². The van der Waals surface area contributed by atoms with Crippen LogP contribution in [0.15, 0.2) is 52.2 Å². The monoisotopic (exact) mass is 513 g/mol. The van der Waals surface area contributed by atoms with Crippen molar-refractivity contribution in [1.82, 2.24) is 30.7 Å². The first kappa shape index (κ1) is 23.6. The topological polar surface area (TPSA) is 150 Å². The van der Waals surface area contributed by atoms with Crippen LogP contribution in [0.2, 0.25) is 0 Å². The molecule has 4 aromatic rings. The van der Waals surface area contributed by atoms with Gasteiger partial charge >= 0.3 is 0 Å². The summed E-state index contributed by atoms with van der Waals surface area (Å²) in [5.41, 5.74) is 14.6. The molecule has 2 aromatic heterocycles. The van der Waals surface area contributed by atoms with Gasteiger partial charge < -0.3 is 15.4 Å². The summed E-state index contributed by atoms with van der Waals surface area (Å²) in [6, 6.07) is 14.1. The number of para-hydroxylation sites is 1. The highest BCUT2D eigenvalue weighted by Gasteiger charge is 2.27. The second-order valence-electron chi connectivity index (χ2n) is 9.30. The predicted molar refractivity (Wildman–Crippen MR) is 139 cm³/mol. The van der Waals surface area contributed by atoms with E-state index >= 15 is 0 Å². The SMILES string of the molecule is COc1ccc2c(c1)CCCC2=NNC(=O)c1nnn(-c2nonc2N)c1CN1CCCc2ccccc21. The van der Waals surface area contributed by atoms with Crippen LogP contribution in [0.3, 0.4) is 0 Å². The van der Waals surface area contributed by atoms with E-state index in [0.29, 0.717) is 12.2 Å². The van der Waals surface area contributed by atoms with Crippen LogP contribution >= 0.6 is 0 Å². The molecule has 0 unspecified atom stereocenters. The van der Waals surface area contributed by atoms with Gasteiger partial charge in [0.2, 0.25) is 11.6 Å². The van der Waals surface area contributed by atoms with Crippen molar-refractivity contribution >= 4 is 23.1 Å². The second kappa shape index (κ2) is 9.96. The molecule has 12 nitrogen and oxygen atoms in total. The molecule has 1 amide bonds. The van der Waals surface area contributed by atoms with Crippen LogP contribution in [0.25, 0.3) is 5.82 Å². The molecule has 0 bridgehead atoms. The number of rotatable bonds is 6. The third-order valence-corrected chi connectivity index (χ3v) is 7.00. The fourth-order valence-corrected chi connectivity index (χ4v) is 5.14. The first-order chi connectivity index (χ1) is 18.6. The number of aryl methyl sites for hydroxylation is 2. The number of nitrogens with two attached hydrogens (primary N) is 1. The van der Waals surface area contributed by atoms with Crippen LogP contribution in [0.4, 0.5) is 11.5 Å². The average molecular weight is 514 g/mol. The maximum atomic E-state index is 13.4. The van der Waals surface area contributed by atoms with E-state index in [1.54, 1.807) is 7.11 Å². The van der Waals surface area contributed by atoms with Crippen molar-refractivity contribution < 1.29 is 14.2 Å². The number of amides is 1. The van der Waals surface area contributed by atoms with Crippen LogP contribution in [-0.4, -0.2) is 50.6 Å². The number of hydrogen-bond acceptors (Lipinski definition) is 10. The Morgan fingerprint density at radius 3 is 2.84 bits per heavy atom. The summed E-state index contributed by atoms with van der Waals surface area (Å²) < 4.78 is 11.6. The number of carbonyl (C=O) groups excluding carboxylic acids is 1. The van der Waals surface area contributed by atoms with Gasteiger partial charge in [-0.25, -0.2) is 10.1 Å². The first-order valence-electron chi connectivity index (χ1n) is 12.5. The molecule has 0 saturated heterocycles. The number of nitrogens with zero attached hydrogens (tertiary/aromatic N) is 7. The summed E-state index contributed by atoms with van der Waals surface area (Å²) in [5, 5.41) is 20.4. The van der Waals surface area contributed by atoms with E-state index in [2.05, 4.69) is 48.2 Å². The average Bonchev–Trinajstić information content (AvgIpc) is 3.57. The molecule has 12 heteroatoms. The summed E-state index contributed by atoms with van der Waals surface area (Å²) in [6.07, 6.45) is 4.62. The predicted octanol–water partition coefficient (Wildman–Crippen LogP) is 2.66. The van der Waals surface area contributed by atoms with Gasteiger partial charge in [-0.15, -0.1) is 5.10 Å². The summed E-state index contributed by atoms with van der Waals surface area (Å²) in [7, 11) is 1.65. The standard InChI is InChI=1S/C26H27N9O3/c1-37-18-11-12-19-17(14-18)7-4-9-20(19)28-30-26(36)23-22(35(33-29-23)25-24(27)31-38-32-25)15-34-13-5-8-16-6-2-3-10-21(16)34/h2-3,6,10-12,14H,4-5,7-9,13,15H2,1H3,(H2,27,31)(H,30,36). The fourth-order valence-electron chi connectivity index (χ4n) is 5.14. The molecule has 3 N–H and O–H groups in total. The minimum absolute atomic E-state index is 0.0524. The molecular formula is C26H27N9O3. The fraction of sp³-hybridized carbons (Fsp3) is 0.308. The normalized spacial score (nSPS) is 15.7. The Labute approximate surface area is 218 Å². The van der Waals surface area contributed by atoms with Gasteiger partial charge in [-0.3, -0.25) is 4.79 Å². The molecule has 38 heavy (non-hydrogen) atoms. The third-order valence-electron chi connectivity index (χ3n) is 7.00. The number of ether oxygens (including phenoxy) is 1. The number of methoxy groups -OCH3 is 1. The molecule has 0 spiro atoms. The smallest absolute Gasteiger partial charge is 0.293 e. The lowest BCUT2D eigenvalue weighted by Crippen LogP contribution is -2.31. The van der Waals surface area contributed by atoms with Gasteiger partial charge in [0.1, 0.15) is 5.75 Å². The van der Waals surface area contributed by atoms with Crippen LogP contribution in [0, 0.1) is 0 Å². The van der Waals surface area contributed by atoms with Crippen molar-refractivity contribution in [2.45, 2.75) is 38.6 Å². The maximum absolute atomic E-state index is 13.4.